The number of rotatable bonds is 8. The van der Waals surface area contributed by atoms with Crippen LogP contribution in [-0.2, 0) is 25.6 Å². The Morgan fingerprint density at radius 2 is 1.76 bits per heavy atom. The van der Waals surface area contributed by atoms with E-state index in [0.717, 1.165) is 66.1 Å². The Balaban J connectivity index is 1.77. The minimum atomic E-state index is -4.48. The Hall–Kier alpha value is -4.02. The fraction of sp³-hybridized carbons (Fsp3) is 0.269. The van der Waals surface area contributed by atoms with Crippen LogP contribution in [0.2, 0.25) is 0 Å². The summed E-state index contributed by atoms with van der Waals surface area (Å²) >= 11 is 0. The van der Waals surface area contributed by atoms with Crippen LogP contribution in [0.15, 0.2) is 65.7 Å². The van der Waals surface area contributed by atoms with Crippen molar-refractivity contribution in [2.75, 3.05) is 25.5 Å². The number of sulfonamides is 2. The molecule has 1 fully saturated rings. The number of anilines is 1. The van der Waals surface area contributed by atoms with Crippen molar-refractivity contribution in [3.05, 3.63) is 89.5 Å². The van der Waals surface area contributed by atoms with Crippen LogP contribution in [0.5, 0.6) is 0 Å². The monoisotopic (exact) mass is 624 g/mol. The van der Waals surface area contributed by atoms with E-state index >= 15 is 4.39 Å². The summed E-state index contributed by atoms with van der Waals surface area (Å²) in [6.45, 7) is 1.93. The third kappa shape index (κ3) is 5.69. The van der Waals surface area contributed by atoms with Gasteiger partial charge >= 0.3 is 0 Å². The standard InChI is InChI=1S/C26H27F3N6O5S2/c1-4-35(41(37,38)19-9-5-16(27)6-10-19)15-23-26(2,33-25(30)34(3)42(23,39)40)20-13-18(8-11-21(20)29)32-24(36)22-12-7-17(28)14-31-22/h5-14,23H,4,15H2,1-3H3,(H2,30,33)(H,32,36)/t23-,26+/m0/s1. The van der Waals surface area contributed by atoms with Crippen LogP contribution in [0.1, 0.15) is 29.9 Å². The van der Waals surface area contributed by atoms with Gasteiger partial charge < -0.3 is 10.6 Å². The molecule has 1 aliphatic rings. The number of amides is 1. The van der Waals surface area contributed by atoms with E-state index in [1.54, 1.807) is 0 Å². The van der Waals surface area contributed by atoms with Gasteiger partial charge in [-0.25, -0.2) is 39.3 Å². The Morgan fingerprint density at radius 3 is 2.36 bits per heavy atom. The van der Waals surface area contributed by atoms with Crippen molar-refractivity contribution in [1.82, 2.24) is 18.9 Å². The highest BCUT2D eigenvalue weighted by molar-refractivity contribution is 7.91. The van der Waals surface area contributed by atoms with Crippen LogP contribution >= 0.6 is 0 Å². The second-order valence-electron chi connectivity index (χ2n) is 9.60. The number of benzene rings is 2. The minimum absolute atomic E-state index is 0.0263. The number of hydrogen-bond acceptors (Lipinski definition) is 7. The number of guanidine groups is 1. The van der Waals surface area contributed by atoms with Crippen molar-refractivity contribution in [3.8, 4) is 0 Å². The van der Waals surface area contributed by atoms with Crippen molar-refractivity contribution in [2.45, 2.75) is 29.5 Å². The van der Waals surface area contributed by atoms with Crippen LogP contribution < -0.4 is 10.6 Å². The number of hydrogen-bond donors (Lipinski definition) is 3. The predicted molar refractivity (Wildman–Crippen MR) is 148 cm³/mol. The van der Waals surface area contributed by atoms with Crippen LogP contribution in [0.4, 0.5) is 18.9 Å². The molecule has 0 bridgehead atoms. The van der Waals surface area contributed by atoms with Crippen LogP contribution in [0.25, 0.3) is 0 Å². The summed E-state index contributed by atoms with van der Waals surface area (Å²) in [7, 11) is -7.71. The molecule has 1 aromatic heterocycles. The molecule has 0 unspecified atom stereocenters. The molecule has 1 aliphatic heterocycles. The number of aromatic nitrogens is 1. The van der Waals surface area contributed by atoms with Crippen molar-refractivity contribution in [3.63, 3.8) is 0 Å². The average Bonchev–Trinajstić information content (AvgIpc) is 2.93. The number of carbonyl (C=O) groups excluding carboxylic acids is 1. The van der Waals surface area contributed by atoms with Crippen LogP contribution in [0, 0.1) is 22.9 Å². The summed E-state index contributed by atoms with van der Waals surface area (Å²) in [5, 5.41) is 11.8. The molecule has 2 aromatic carbocycles. The Kier molecular flexibility index (Phi) is 8.35. The first-order valence-electron chi connectivity index (χ1n) is 12.4. The topological polar surface area (TPSA) is 153 Å². The zero-order chi connectivity index (χ0) is 31.0. The van der Waals surface area contributed by atoms with E-state index in [0.29, 0.717) is 4.31 Å². The second-order valence-corrected chi connectivity index (χ2v) is 13.7. The molecule has 224 valence electrons. The molecule has 3 N–H and O–H groups in total. The number of nitrogens with zero attached hydrogens (tertiary/aromatic N) is 3. The molecule has 0 radical (unpaired) electrons. The lowest BCUT2D eigenvalue weighted by Crippen LogP contribution is -2.68. The zero-order valence-corrected chi connectivity index (χ0v) is 24.2. The fourth-order valence-corrected chi connectivity index (χ4v) is 7.97. The van der Waals surface area contributed by atoms with Gasteiger partial charge in [0.05, 0.1) is 16.6 Å². The Bertz CT molecular complexity index is 1740. The highest BCUT2D eigenvalue weighted by Crippen LogP contribution is 2.38. The summed E-state index contributed by atoms with van der Waals surface area (Å²) in [5.74, 6) is -3.57. The summed E-state index contributed by atoms with van der Waals surface area (Å²) in [6, 6.07) is 9.52. The minimum Gasteiger partial charge on any atom is -0.345 e. The fourth-order valence-electron chi connectivity index (χ4n) is 4.58. The van der Waals surface area contributed by atoms with Crippen molar-refractivity contribution in [1.29, 1.82) is 5.41 Å². The lowest BCUT2D eigenvalue weighted by molar-refractivity contribution is 0.102. The molecule has 1 saturated heterocycles. The average molecular weight is 625 g/mol. The van der Waals surface area contributed by atoms with Gasteiger partial charge in [-0.1, -0.05) is 6.92 Å². The van der Waals surface area contributed by atoms with Gasteiger partial charge in [-0.3, -0.25) is 10.2 Å². The molecular weight excluding hydrogens is 597 g/mol. The van der Waals surface area contributed by atoms with Gasteiger partial charge in [-0.2, -0.15) is 4.31 Å². The molecule has 4 rings (SSSR count). The number of halogens is 3. The first-order valence-corrected chi connectivity index (χ1v) is 15.4. The summed E-state index contributed by atoms with van der Waals surface area (Å²) in [5.41, 5.74) is -2.32. The highest BCUT2D eigenvalue weighted by Gasteiger charge is 2.54. The van der Waals surface area contributed by atoms with E-state index < -0.39 is 66.7 Å². The molecule has 1 amide bonds. The molecule has 3 aromatic rings. The smallest absolute Gasteiger partial charge is 0.274 e. The van der Waals surface area contributed by atoms with Crippen molar-refractivity contribution >= 4 is 37.6 Å². The van der Waals surface area contributed by atoms with Crippen LogP contribution in [0.3, 0.4) is 0 Å². The lowest BCUT2D eigenvalue weighted by Gasteiger charge is -2.47. The van der Waals surface area contributed by atoms with E-state index in [1.807, 2.05) is 0 Å². The number of pyridine rings is 1. The maximum Gasteiger partial charge on any atom is 0.274 e. The molecule has 2 heterocycles. The third-order valence-electron chi connectivity index (χ3n) is 7.00. The molecule has 0 saturated carbocycles. The van der Waals surface area contributed by atoms with E-state index in [-0.39, 0.29) is 28.4 Å². The van der Waals surface area contributed by atoms with Gasteiger partial charge in [0.1, 0.15) is 28.4 Å². The normalized spacial score (nSPS) is 20.3. The molecule has 2 atom stereocenters. The molecular formula is C26H27F3N6O5S2. The van der Waals surface area contributed by atoms with Gasteiger partial charge in [0.2, 0.25) is 26.0 Å². The van der Waals surface area contributed by atoms with E-state index in [1.165, 1.54) is 19.9 Å². The summed E-state index contributed by atoms with van der Waals surface area (Å²) < 4.78 is 97.9. The predicted octanol–water partition coefficient (Wildman–Crippen LogP) is 2.85. The SMILES string of the molecule is CCN(C[C@H]1[C@@](C)(c2cc(NC(=O)c3ccc(F)cn3)ccc2F)NC(=N)N(C)S1(=O)=O)S(=O)(=O)c1ccc(F)cc1. The Morgan fingerprint density at radius 1 is 1.12 bits per heavy atom. The second kappa shape index (κ2) is 11.3. The van der Waals surface area contributed by atoms with E-state index in [4.69, 9.17) is 5.41 Å². The lowest BCUT2D eigenvalue weighted by atomic mass is 9.87. The molecule has 0 spiro atoms. The molecule has 16 heteroatoms. The van der Waals surface area contributed by atoms with Gasteiger partial charge in [0.15, 0.2) is 0 Å². The van der Waals surface area contributed by atoms with Gasteiger partial charge in [-0.15, -0.1) is 0 Å². The molecule has 0 aliphatic carbocycles. The molecule has 42 heavy (non-hydrogen) atoms. The quantitative estimate of drug-likeness (QED) is 0.349. The first-order chi connectivity index (χ1) is 19.6. The Labute approximate surface area is 241 Å². The van der Waals surface area contributed by atoms with Gasteiger partial charge in [0, 0.05) is 31.4 Å². The third-order valence-corrected chi connectivity index (χ3v) is 11.2. The first kappa shape index (κ1) is 30.9. The maximum absolute atomic E-state index is 15.5. The van der Waals surface area contributed by atoms with E-state index in [2.05, 4.69) is 15.6 Å². The zero-order valence-electron chi connectivity index (χ0n) is 22.6. The molecule has 11 nitrogen and oxygen atoms in total. The number of carbonyl (C=O) groups is 1. The highest BCUT2D eigenvalue weighted by atomic mass is 32.2. The number of nitrogens with one attached hydrogen (secondary N) is 3. The maximum atomic E-state index is 15.5. The van der Waals surface area contributed by atoms with E-state index in [9.17, 15) is 30.4 Å². The van der Waals surface area contributed by atoms with Crippen molar-refractivity contribution in [2.24, 2.45) is 0 Å². The largest absolute Gasteiger partial charge is 0.345 e. The van der Waals surface area contributed by atoms with Crippen LogP contribution in [-0.4, -0.2) is 67.7 Å². The van der Waals surface area contributed by atoms with Gasteiger partial charge in [0.25, 0.3) is 5.91 Å². The van der Waals surface area contributed by atoms with Crippen molar-refractivity contribution < 1.29 is 34.8 Å². The summed E-state index contributed by atoms with van der Waals surface area (Å²) in [4.78, 5) is 16.1. The van der Waals surface area contributed by atoms with Gasteiger partial charge in [-0.05, 0) is 61.5 Å². The summed E-state index contributed by atoms with van der Waals surface area (Å²) in [6.07, 6.45) is 0.842.